The van der Waals surface area contributed by atoms with Crippen LogP contribution in [0.4, 0.5) is 0 Å². The molecule has 1 unspecified atom stereocenters. The zero-order valence-corrected chi connectivity index (χ0v) is 14.2. The van der Waals surface area contributed by atoms with Gasteiger partial charge in [0.15, 0.2) is 0 Å². The van der Waals surface area contributed by atoms with Crippen molar-refractivity contribution in [2.24, 2.45) is 0 Å². The van der Waals surface area contributed by atoms with Gasteiger partial charge in [-0.3, -0.25) is 0 Å². The molecule has 1 aliphatic rings. The highest BCUT2D eigenvalue weighted by Crippen LogP contribution is 2.36. The third kappa shape index (κ3) is 2.59. The van der Waals surface area contributed by atoms with Crippen LogP contribution in [0.15, 0.2) is 28.6 Å². The standard InChI is InChI=1S/C13H12Cl2N2O2S2/c1-8-10-3-5-20-12(10)2-4-17(8)21(18,19)9-6-11(14)13(15)16-7-9/h3,5-8H,2,4H2,1H3. The van der Waals surface area contributed by atoms with Crippen LogP contribution in [0.3, 0.4) is 0 Å². The van der Waals surface area contributed by atoms with Crippen molar-refractivity contribution in [3.05, 3.63) is 44.3 Å². The highest BCUT2D eigenvalue weighted by Gasteiger charge is 2.34. The maximum atomic E-state index is 12.8. The van der Waals surface area contributed by atoms with Gasteiger partial charge in [-0.05, 0) is 36.4 Å². The van der Waals surface area contributed by atoms with Gasteiger partial charge in [0.25, 0.3) is 0 Å². The number of rotatable bonds is 2. The lowest BCUT2D eigenvalue weighted by Gasteiger charge is -2.32. The molecule has 4 nitrogen and oxygen atoms in total. The number of halogens is 2. The van der Waals surface area contributed by atoms with Crippen LogP contribution in [-0.4, -0.2) is 24.3 Å². The van der Waals surface area contributed by atoms with Gasteiger partial charge in [0, 0.05) is 23.7 Å². The lowest BCUT2D eigenvalue weighted by atomic mass is 10.0. The van der Waals surface area contributed by atoms with Gasteiger partial charge in [-0.25, -0.2) is 13.4 Å². The van der Waals surface area contributed by atoms with Gasteiger partial charge in [-0.15, -0.1) is 11.3 Å². The summed E-state index contributed by atoms with van der Waals surface area (Å²) >= 11 is 13.3. The number of fused-ring (bicyclic) bond motifs is 1. The van der Waals surface area contributed by atoms with E-state index < -0.39 is 10.0 Å². The summed E-state index contributed by atoms with van der Waals surface area (Å²) in [5, 5.41) is 2.24. The molecule has 0 amide bonds. The Bertz CT molecular complexity index is 789. The summed E-state index contributed by atoms with van der Waals surface area (Å²) < 4.78 is 27.1. The number of hydrogen-bond acceptors (Lipinski definition) is 4. The van der Waals surface area contributed by atoms with Gasteiger partial charge >= 0.3 is 0 Å². The second kappa shape index (κ2) is 5.52. The van der Waals surface area contributed by atoms with Gasteiger partial charge in [0.1, 0.15) is 10.0 Å². The molecule has 0 bridgehead atoms. The summed E-state index contributed by atoms with van der Waals surface area (Å²) in [6.07, 6.45) is 1.98. The quantitative estimate of drug-likeness (QED) is 0.764. The first-order valence-corrected chi connectivity index (χ1v) is 9.38. The number of hydrogen-bond donors (Lipinski definition) is 0. The predicted octanol–water partition coefficient (Wildman–Crippen LogP) is 3.76. The first-order chi connectivity index (χ1) is 9.91. The topological polar surface area (TPSA) is 50.3 Å². The summed E-state index contributed by atoms with van der Waals surface area (Å²) in [5.41, 5.74) is 1.07. The van der Waals surface area contributed by atoms with Crippen LogP contribution < -0.4 is 0 Å². The molecule has 3 rings (SSSR count). The van der Waals surface area contributed by atoms with Crippen LogP contribution in [0.25, 0.3) is 0 Å². The van der Waals surface area contributed by atoms with Crippen LogP contribution in [0.1, 0.15) is 23.4 Å². The molecule has 3 heterocycles. The average Bonchev–Trinajstić information content (AvgIpc) is 2.91. The predicted molar refractivity (Wildman–Crippen MR) is 84.6 cm³/mol. The molecule has 8 heteroatoms. The summed E-state index contributed by atoms with van der Waals surface area (Å²) in [6, 6.07) is 3.14. The molecule has 0 aromatic carbocycles. The number of nitrogens with zero attached hydrogens (tertiary/aromatic N) is 2. The van der Waals surface area contributed by atoms with Crippen LogP contribution in [0, 0.1) is 0 Å². The molecule has 21 heavy (non-hydrogen) atoms. The highest BCUT2D eigenvalue weighted by molar-refractivity contribution is 7.89. The van der Waals surface area contributed by atoms with Crippen molar-refractivity contribution >= 4 is 44.6 Å². The van der Waals surface area contributed by atoms with Gasteiger partial charge < -0.3 is 0 Å². The van der Waals surface area contributed by atoms with E-state index in [2.05, 4.69) is 4.98 Å². The van der Waals surface area contributed by atoms with E-state index in [0.29, 0.717) is 6.54 Å². The molecule has 1 atom stereocenters. The van der Waals surface area contributed by atoms with Crippen molar-refractivity contribution in [2.75, 3.05) is 6.54 Å². The molecule has 1 aliphatic heterocycles. The van der Waals surface area contributed by atoms with Crippen LogP contribution >= 0.6 is 34.5 Å². The van der Waals surface area contributed by atoms with Gasteiger partial charge in [-0.2, -0.15) is 4.31 Å². The molecule has 0 spiro atoms. The Hall–Kier alpha value is -0.660. The second-order valence-electron chi connectivity index (χ2n) is 4.78. The molecule has 2 aromatic rings. The largest absolute Gasteiger partial charge is 0.245 e. The van der Waals surface area contributed by atoms with E-state index in [1.165, 1.54) is 21.4 Å². The average molecular weight is 363 g/mol. The fraction of sp³-hybridized carbons (Fsp3) is 0.308. The SMILES string of the molecule is CC1c2ccsc2CCN1S(=O)(=O)c1cnc(Cl)c(Cl)c1. The Morgan fingerprint density at radius 1 is 1.43 bits per heavy atom. The lowest BCUT2D eigenvalue weighted by Crippen LogP contribution is -2.38. The summed E-state index contributed by atoms with van der Waals surface area (Å²) in [5.74, 6) is 0. The van der Waals surface area contributed by atoms with Crippen molar-refractivity contribution in [2.45, 2.75) is 24.3 Å². The molecular weight excluding hydrogens is 351 g/mol. The number of pyridine rings is 1. The van der Waals surface area contributed by atoms with E-state index in [0.717, 1.165) is 12.0 Å². The number of sulfonamides is 1. The Labute approximate surface area is 137 Å². The zero-order chi connectivity index (χ0) is 15.2. The third-order valence-electron chi connectivity index (χ3n) is 3.60. The van der Waals surface area contributed by atoms with E-state index in [1.54, 1.807) is 11.3 Å². The minimum absolute atomic E-state index is 0.0717. The minimum atomic E-state index is -3.64. The van der Waals surface area contributed by atoms with Crippen LogP contribution in [0.2, 0.25) is 10.2 Å². The maximum absolute atomic E-state index is 12.8. The third-order valence-corrected chi connectivity index (χ3v) is 7.22. The van der Waals surface area contributed by atoms with Crippen LogP contribution in [-0.2, 0) is 16.4 Å². The summed E-state index contributed by atoms with van der Waals surface area (Å²) in [6.45, 7) is 2.35. The van der Waals surface area contributed by atoms with E-state index >= 15 is 0 Å². The van der Waals surface area contributed by atoms with E-state index in [-0.39, 0.29) is 21.1 Å². The maximum Gasteiger partial charge on any atom is 0.245 e. The van der Waals surface area contributed by atoms with Gasteiger partial charge in [0.2, 0.25) is 10.0 Å². The van der Waals surface area contributed by atoms with Crippen molar-refractivity contribution in [3.63, 3.8) is 0 Å². The van der Waals surface area contributed by atoms with Gasteiger partial charge in [0.05, 0.1) is 5.02 Å². The Balaban J connectivity index is 2.01. The zero-order valence-electron chi connectivity index (χ0n) is 11.1. The second-order valence-corrected chi connectivity index (χ2v) is 8.44. The summed E-state index contributed by atoms with van der Waals surface area (Å²) in [7, 11) is -3.64. The number of thiophene rings is 1. The number of aromatic nitrogens is 1. The fourth-order valence-corrected chi connectivity index (χ4v) is 5.38. The van der Waals surface area contributed by atoms with E-state index in [4.69, 9.17) is 23.2 Å². The van der Waals surface area contributed by atoms with Gasteiger partial charge in [-0.1, -0.05) is 23.2 Å². The molecule has 0 radical (unpaired) electrons. The van der Waals surface area contributed by atoms with Crippen LogP contribution in [0.5, 0.6) is 0 Å². The summed E-state index contributed by atoms with van der Waals surface area (Å²) in [4.78, 5) is 5.15. The smallest absolute Gasteiger partial charge is 0.242 e. The minimum Gasteiger partial charge on any atom is -0.242 e. The molecule has 0 fully saturated rings. The molecular formula is C13H12Cl2N2O2S2. The first kappa shape index (κ1) is 15.2. The Morgan fingerprint density at radius 2 is 2.19 bits per heavy atom. The molecule has 0 saturated carbocycles. The van der Waals surface area contributed by atoms with Crippen molar-refractivity contribution < 1.29 is 8.42 Å². The van der Waals surface area contributed by atoms with E-state index in [9.17, 15) is 8.42 Å². The first-order valence-electron chi connectivity index (χ1n) is 6.30. The fourth-order valence-electron chi connectivity index (χ4n) is 2.49. The molecule has 0 N–H and O–H groups in total. The van der Waals surface area contributed by atoms with Crippen molar-refractivity contribution in [1.29, 1.82) is 0 Å². The monoisotopic (exact) mass is 362 g/mol. The molecule has 2 aromatic heterocycles. The molecule has 0 aliphatic carbocycles. The normalized spacial score (nSPS) is 19.5. The highest BCUT2D eigenvalue weighted by atomic mass is 35.5. The van der Waals surface area contributed by atoms with Crippen molar-refractivity contribution in [3.8, 4) is 0 Å². The molecule has 112 valence electrons. The Kier molecular flexibility index (Phi) is 4.00. The van der Waals surface area contributed by atoms with Crippen molar-refractivity contribution in [1.82, 2.24) is 9.29 Å². The van der Waals surface area contributed by atoms with E-state index in [1.807, 2.05) is 18.4 Å². The lowest BCUT2D eigenvalue weighted by molar-refractivity contribution is 0.329. The Morgan fingerprint density at radius 3 is 2.90 bits per heavy atom. The molecule has 0 saturated heterocycles.